The molecule has 3 aromatic carbocycles. The van der Waals surface area contributed by atoms with Crippen molar-refractivity contribution in [3.63, 3.8) is 0 Å². The number of benzene rings is 3. The average molecular weight is 507 g/mol. The molecule has 37 heavy (non-hydrogen) atoms. The van der Waals surface area contributed by atoms with Gasteiger partial charge in [0.2, 0.25) is 0 Å². The Labute approximate surface area is 218 Å². The van der Waals surface area contributed by atoms with Gasteiger partial charge in [0, 0.05) is 11.0 Å². The van der Waals surface area contributed by atoms with Crippen LogP contribution in [0.15, 0.2) is 88.8 Å². The number of aliphatic imine (C=N–C) groups is 1. The van der Waals surface area contributed by atoms with Crippen LogP contribution in [0.2, 0.25) is 0 Å². The van der Waals surface area contributed by atoms with Crippen LogP contribution in [0.1, 0.15) is 29.2 Å². The number of nitrogens with one attached hydrogen (secondary N) is 1. The molecule has 2 heterocycles. The zero-order chi connectivity index (χ0) is 25.8. The highest BCUT2D eigenvalue weighted by molar-refractivity contribution is 8.17. The van der Waals surface area contributed by atoms with Crippen LogP contribution in [0.25, 0.3) is 11.8 Å². The molecular formula is C29H22N4O3S. The third kappa shape index (κ3) is 4.90. The van der Waals surface area contributed by atoms with Crippen LogP contribution in [0.3, 0.4) is 0 Å². The Morgan fingerprint density at radius 1 is 1.05 bits per heavy atom. The van der Waals surface area contributed by atoms with Crippen molar-refractivity contribution in [3.05, 3.63) is 106 Å². The fourth-order valence-corrected chi connectivity index (χ4v) is 4.88. The number of amides is 1. The summed E-state index contributed by atoms with van der Waals surface area (Å²) >= 11 is 1.33. The molecule has 0 saturated heterocycles. The molecule has 2 aliphatic rings. The number of fused-ring (bicyclic) bond motifs is 1. The number of amidine groups is 2. The minimum absolute atomic E-state index is 0.0708. The van der Waals surface area contributed by atoms with Gasteiger partial charge < -0.3 is 9.47 Å². The molecule has 0 aromatic heterocycles. The van der Waals surface area contributed by atoms with Gasteiger partial charge in [-0.05, 0) is 42.3 Å². The van der Waals surface area contributed by atoms with Gasteiger partial charge in [-0.3, -0.25) is 15.1 Å². The second kappa shape index (κ2) is 10.6. The minimum Gasteiger partial charge on any atom is -0.490 e. The molecule has 0 unspecified atom stereocenters. The summed E-state index contributed by atoms with van der Waals surface area (Å²) < 4.78 is 11.8. The number of carbonyl (C=O) groups excluding carboxylic acids is 1. The maximum atomic E-state index is 12.9. The van der Waals surface area contributed by atoms with Gasteiger partial charge in [-0.15, -0.1) is 0 Å². The van der Waals surface area contributed by atoms with Gasteiger partial charge in [-0.2, -0.15) is 10.3 Å². The van der Waals surface area contributed by atoms with Crippen LogP contribution in [-0.2, 0) is 11.4 Å². The van der Waals surface area contributed by atoms with Crippen molar-refractivity contribution in [2.75, 3.05) is 6.61 Å². The summed E-state index contributed by atoms with van der Waals surface area (Å²) in [7, 11) is 0. The van der Waals surface area contributed by atoms with Crippen molar-refractivity contribution in [1.82, 2.24) is 4.90 Å². The summed E-state index contributed by atoms with van der Waals surface area (Å²) in [6, 6.07) is 24.5. The first-order chi connectivity index (χ1) is 18.1. The number of hydrogen-bond acceptors (Lipinski definition) is 6. The van der Waals surface area contributed by atoms with Crippen LogP contribution in [0, 0.1) is 16.7 Å². The fourth-order valence-electron chi connectivity index (χ4n) is 3.99. The third-order valence-electron chi connectivity index (χ3n) is 5.78. The standard InChI is InChI=1S/C29H22N4O3S/c1-2-35-26-15-19(12-13-25(26)36-17-22-11-7-6-10-21(22)16-30)14-23-27(31)33-24(20-8-4-3-5-9-20)18-37-29(33)32-28(23)34/h3-15,18,31H,2,17H2,1H3/b23-14-,31-27?. The van der Waals surface area contributed by atoms with E-state index in [-0.39, 0.29) is 18.0 Å². The van der Waals surface area contributed by atoms with Crippen LogP contribution in [0.4, 0.5) is 0 Å². The molecule has 0 saturated carbocycles. The number of ether oxygens (including phenoxy) is 2. The second-order valence-electron chi connectivity index (χ2n) is 8.13. The predicted molar refractivity (Wildman–Crippen MR) is 145 cm³/mol. The van der Waals surface area contributed by atoms with Crippen molar-refractivity contribution in [2.24, 2.45) is 4.99 Å². The predicted octanol–water partition coefficient (Wildman–Crippen LogP) is 5.84. The third-order valence-corrected chi connectivity index (χ3v) is 6.61. The van der Waals surface area contributed by atoms with Crippen LogP contribution < -0.4 is 9.47 Å². The Morgan fingerprint density at radius 3 is 2.62 bits per heavy atom. The molecule has 1 N–H and O–H groups in total. The number of rotatable bonds is 7. The van der Waals surface area contributed by atoms with Crippen molar-refractivity contribution in [3.8, 4) is 17.6 Å². The normalized spacial score (nSPS) is 15.7. The van der Waals surface area contributed by atoms with Gasteiger partial charge in [-0.25, -0.2) is 0 Å². The lowest BCUT2D eigenvalue weighted by Crippen LogP contribution is -2.38. The van der Waals surface area contributed by atoms with Gasteiger partial charge in [0.25, 0.3) is 5.91 Å². The quantitative estimate of drug-likeness (QED) is 0.404. The highest BCUT2D eigenvalue weighted by Gasteiger charge is 2.36. The molecule has 2 aliphatic heterocycles. The zero-order valence-electron chi connectivity index (χ0n) is 20.0. The summed E-state index contributed by atoms with van der Waals surface area (Å²) in [4.78, 5) is 18.8. The number of nitriles is 1. The molecule has 0 bridgehead atoms. The maximum Gasteiger partial charge on any atom is 0.283 e. The van der Waals surface area contributed by atoms with Gasteiger partial charge in [0.1, 0.15) is 12.4 Å². The zero-order valence-corrected chi connectivity index (χ0v) is 20.8. The second-order valence-corrected chi connectivity index (χ2v) is 8.96. The molecule has 3 aromatic rings. The molecule has 0 spiro atoms. The van der Waals surface area contributed by atoms with Crippen molar-refractivity contribution >= 4 is 40.4 Å². The smallest absolute Gasteiger partial charge is 0.283 e. The van der Waals surface area contributed by atoms with E-state index < -0.39 is 5.91 Å². The van der Waals surface area contributed by atoms with E-state index >= 15 is 0 Å². The Bertz CT molecular complexity index is 1520. The molecule has 1 amide bonds. The molecular weight excluding hydrogens is 484 g/mol. The van der Waals surface area contributed by atoms with E-state index in [1.165, 1.54) is 11.8 Å². The molecule has 182 valence electrons. The molecule has 0 fully saturated rings. The van der Waals surface area contributed by atoms with E-state index in [4.69, 9.17) is 14.9 Å². The molecule has 0 aliphatic carbocycles. The van der Waals surface area contributed by atoms with E-state index in [0.29, 0.717) is 34.4 Å². The van der Waals surface area contributed by atoms with E-state index in [2.05, 4.69) is 11.1 Å². The largest absolute Gasteiger partial charge is 0.490 e. The summed E-state index contributed by atoms with van der Waals surface area (Å²) in [6.07, 6.45) is 1.65. The highest BCUT2D eigenvalue weighted by atomic mass is 32.2. The van der Waals surface area contributed by atoms with E-state index in [9.17, 15) is 10.1 Å². The SMILES string of the molecule is CCOc1cc(/C=C2/C(=N)N3C(c4ccccc4)=CSC3=NC2=O)ccc1OCc1ccccc1C#N. The summed E-state index contributed by atoms with van der Waals surface area (Å²) in [5.74, 6) is 0.638. The first-order valence-electron chi connectivity index (χ1n) is 11.6. The molecule has 7 nitrogen and oxygen atoms in total. The van der Waals surface area contributed by atoms with E-state index in [1.54, 1.807) is 35.2 Å². The number of hydrogen-bond donors (Lipinski definition) is 1. The lowest BCUT2D eigenvalue weighted by molar-refractivity contribution is -0.114. The molecule has 0 radical (unpaired) electrons. The topological polar surface area (TPSA) is 98.8 Å². The fraction of sp³-hybridized carbons (Fsp3) is 0.103. The van der Waals surface area contributed by atoms with Gasteiger partial charge in [0.05, 0.1) is 29.5 Å². The van der Waals surface area contributed by atoms with E-state index in [0.717, 1.165) is 16.8 Å². The lowest BCUT2D eigenvalue weighted by atomic mass is 10.1. The van der Waals surface area contributed by atoms with Crippen LogP contribution in [0.5, 0.6) is 11.5 Å². The first-order valence-corrected chi connectivity index (χ1v) is 12.5. The first kappa shape index (κ1) is 24.1. The summed E-state index contributed by atoms with van der Waals surface area (Å²) in [6.45, 7) is 2.51. The Kier molecular flexibility index (Phi) is 6.88. The Hall–Kier alpha value is -4.61. The van der Waals surface area contributed by atoms with Gasteiger partial charge in [-0.1, -0.05) is 66.4 Å². The monoisotopic (exact) mass is 506 g/mol. The average Bonchev–Trinajstić information content (AvgIpc) is 3.35. The van der Waals surface area contributed by atoms with Gasteiger partial charge >= 0.3 is 0 Å². The summed E-state index contributed by atoms with van der Waals surface area (Å²) in [5.41, 5.74) is 3.95. The minimum atomic E-state index is -0.460. The van der Waals surface area contributed by atoms with Crippen LogP contribution >= 0.6 is 11.8 Å². The van der Waals surface area contributed by atoms with Crippen molar-refractivity contribution < 1.29 is 14.3 Å². The van der Waals surface area contributed by atoms with Crippen LogP contribution in [-0.4, -0.2) is 28.4 Å². The van der Waals surface area contributed by atoms with Crippen molar-refractivity contribution in [1.29, 1.82) is 10.7 Å². The maximum absolute atomic E-state index is 12.9. The van der Waals surface area contributed by atoms with Crippen molar-refractivity contribution in [2.45, 2.75) is 13.5 Å². The molecule has 0 atom stereocenters. The summed E-state index contributed by atoms with van der Waals surface area (Å²) in [5, 5.41) is 20.5. The Balaban J connectivity index is 1.42. The number of thioether (sulfide) groups is 1. The molecule has 5 rings (SSSR count). The Morgan fingerprint density at radius 2 is 1.84 bits per heavy atom. The van der Waals surface area contributed by atoms with Gasteiger partial charge in [0.15, 0.2) is 16.7 Å². The number of carbonyl (C=O) groups is 1. The van der Waals surface area contributed by atoms with E-state index in [1.807, 2.05) is 60.9 Å². The molecule has 8 heteroatoms. The number of nitrogens with zero attached hydrogens (tertiary/aromatic N) is 3. The highest BCUT2D eigenvalue weighted by Crippen LogP contribution is 2.38. The lowest BCUT2D eigenvalue weighted by Gasteiger charge is -2.27.